The van der Waals surface area contributed by atoms with Crippen molar-refractivity contribution in [2.75, 3.05) is 20.6 Å². The highest BCUT2D eigenvalue weighted by atomic mass is 19.1. The average Bonchev–Trinajstić information content (AvgIpc) is 3.00. The van der Waals surface area contributed by atoms with Crippen LogP contribution < -0.4 is 5.32 Å². The summed E-state index contributed by atoms with van der Waals surface area (Å²) in [5.74, 6) is -0.633. The van der Waals surface area contributed by atoms with E-state index in [1.54, 1.807) is 19.1 Å². The average molecular weight is 368 g/mol. The first-order valence-electron chi connectivity index (χ1n) is 9.13. The number of likely N-dealkylation sites (N-methyl/N-ethyl adjacent to an activating group) is 1. The third-order valence-corrected chi connectivity index (χ3v) is 4.97. The minimum atomic E-state index is -0.461. The maximum Gasteiger partial charge on any atom is 0.287 e. The van der Waals surface area contributed by atoms with E-state index < -0.39 is 5.82 Å². The lowest BCUT2D eigenvalue weighted by molar-refractivity contribution is 0.0915. The van der Waals surface area contributed by atoms with E-state index in [9.17, 15) is 9.18 Å². The van der Waals surface area contributed by atoms with Crippen LogP contribution >= 0.6 is 0 Å². The first-order valence-corrected chi connectivity index (χ1v) is 9.13. The van der Waals surface area contributed by atoms with Crippen molar-refractivity contribution in [2.24, 2.45) is 0 Å². The summed E-state index contributed by atoms with van der Waals surface area (Å²) in [5, 5.41) is 3.56. The van der Waals surface area contributed by atoms with Gasteiger partial charge in [-0.1, -0.05) is 43.3 Å². The highest BCUT2D eigenvalue weighted by Gasteiger charge is 2.21. The molecule has 1 unspecified atom stereocenters. The van der Waals surface area contributed by atoms with Crippen LogP contribution in [0.4, 0.5) is 4.39 Å². The molecule has 0 aliphatic rings. The molecule has 3 aromatic rings. The Hall–Kier alpha value is -2.66. The Kier molecular flexibility index (Phi) is 5.61. The Morgan fingerprint density at radius 2 is 1.89 bits per heavy atom. The normalized spacial score (nSPS) is 12.5. The Balaban J connectivity index is 1.78. The molecule has 142 valence electrons. The van der Waals surface area contributed by atoms with Crippen molar-refractivity contribution in [1.29, 1.82) is 0 Å². The number of rotatable bonds is 6. The lowest BCUT2D eigenvalue weighted by atomic mass is 10.0. The predicted molar refractivity (Wildman–Crippen MR) is 105 cm³/mol. The molecule has 0 aliphatic carbocycles. The number of nitrogens with zero attached hydrogens (tertiary/aromatic N) is 1. The van der Waals surface area contributed by atoms with Gasteiger partial charge < -0.3 is 14.6 Å². The van der Waals surface area contributed by atoms with Crippen LogP contribution in [0.3, 0.4) is 0 Å². The maximum atomic E-state index is 13.9. The molecule has 0 spiro atoms. The highest BCUT2D eigenvalue weighted by Crippen LogP contribution is 2.27. The molecule has 4 nitrogen and oxygen atoms in total. The zero-order valence-electron chi connectivity index (χ0n) is 16.2. The third-order valence-electron chi connectivity index (χ3n) is 4.97. The summed E-state index contributed by atoms with van der Waals surface area (Å²) >= 11 is 0. The number of carbonyl (C=O) groups is 1. The molecule has 1 aromatic heterocycles. The van der Waals surface area contributed by atoms with Crippen molar-refractivity contribution >= 4 is 16.9 Å². The van der Waals surface area contributed by atoms with Gasteiger partial charge in [0.1, 0.15) is 0 Å². The van der Waals surface area contributed by atoms with E-state index in [0.717, 1.165) is 12.0 Å². The molecular formula is C22H25FN2O2. The van der Waals surface area contributed by atoms with Crippen LogP contribution in [0.1, 0.15) is 40.2 Å². The number of para-hydroxylation sites is 1. The SMILES string of the molecule is CCc1ccc(C(CNC(=O)c2oc3c(F)cccc3c2C)N(C)C)cc1. The van der Waals surface area contributed by atoms with Crippen molar-refractivity contribution < 1.29 is 13.6 Å². The van der Waals surface area contributed by atoms with Gasteiger partial charge in [-0.3, -0.25) is 4.79 Å². The predicted octanol–water partition coefficient (Wildman–Crippen LogP) is 4.48. The second kappa shape index (κ2) is 7.92. The van der Waals surface area contributed by atoms with Crippen LogP contribution in [-0.2, 0) is 6.42 Å². The van der Waals surface area contributed by atoms with Crippen molar-refractivity contribution in [2.45, 2.75) is 26.3 Å². The molecule has 0 saturated heterocycles. The monoisotopic (exact) mass is 368 g/mol. The molecule has 0 radical (unpaired) electrons. The van der Waals surface area contributed by atoms with Crippen LogP contribution in [0.25, 0.3) is 11.0 Å². The number of amides is 1. The lowest BCUT2D eigenvalue weighted by Gasteiger charge is -2.25. The van der Waals surface area contributed by atoms with E-state index in [0.29, 0.717) is 17.5 Å². The molecule has 0 bridgehead atoms. The number of benzene rings is 2. The quantitative estimate of drug-likeness (QED) is 0.698. The lowest BCUT2D eigenvalue weighted by Crippen LogP contribution is -2.34. The first-order chi connectivity index (χ1) is 12.9. The molecule has 2 aromatic carbocycles. The van der Waals surface area contributed by atoms with Crippen molar-refractivity contribution in [3.8, 4) is 0 Å². The van der Waals surface area contributed by atoms with Crippen LogP contribution in [0.2, 0.25) is 0 Å². The molecule has 1 N–H and O–H groups in total. The standard InChI is InChI=1S/C22H25FN2O2/c1-5-15-9-11-16(12-10-15)19(25(3)4)13-24-22(26)20-14(2)17-7-6-8-18(23)21(17)27-20/h6-12,19H,5,13H2,1-4H3,(H,24,26). The first kappa shape index (κ1) is 19.1. The largest absolute Gasteiger partial charge is 0.448 e. The molecule has 1 amide bonds. The van der Waals surface area contributed by atoms with Crippen molar-refractivity contribution in [1.82, 2.24) is 10.2 Å². The minimum absolute atomic E-state index is 0.0290. The molecule has 5 heteroatoms. The number of halogens is 1. The highest BCUT2D eigenvalue weighted by molar-refractivity contribution is 5.99. The number of fused-ring (bicyclic) bond motifs is 1. The Bertz CT molecular complexity index is 945. The number of furan rings is 1. The van der Waals surface area contributed by atoms with E-state index in [-0.39, 0.29) is 23.3 Å². The number of hydrogen-bond donors (Lipinski definition) is 1. The van der Waals surface area contributed by atoms with Gasteiger partial charge in [0.05, 0.1) is 6.04 Å². The van der Waals surface area contributed by atoms with Gasteiger partial charge in [-0.25, -0.2) is 4.39 Å². The third kappa shape index (κ3) is 3.88. The van der Waals surface area contributed by atoms with E-state index in [1.807, 2.05) is 14.1 Å². The fraction of sp³-hybridized carbons (Fsp3) is 0.318. The zero-order valence-corrected chi connectivity index (χ0v) is 16.2. The smallest absolute Gasteiger partial charge is 0.287 e. The van der Waals surface area contributed by atoms with Gasteiger partial charge in [0.25, 0.3) is 5.91 Å². The van der Waals surface area contributed by atoms with Gasteiger partial charge >= 0.3 is 0 Å². The van der Waals surface area contributed by atoms with Crippen LogP contribution in [0.15, 0.2) is 46.9 Å². The molecule has 0 saturated carbocycles. The molecule has 1 atom stereocenters. The number of hydrogen-bond acceptors (Lipinski definition) is 3. The van der Waals surface area contributed by atoms with E-state index >= 15 is 0 Å². The van der Waals surface area contributed by atoms with Crippen LogP contribution in [-0.4, -0.2) is 31.4 Å². The maximum absolute atomic E-state index is 13.9. The van der Waals surface area contributed by atoms with Crippen molar-refractivity contribution in [3.63, 3.8) is 0 Å². The summed E-state index contributed by atoms with van der Waals surface area (Å²) in [4.78, 5) is 14.7. The van der Waals surface area contributed by atoms with Gasteiger partial charge in [0.15, 0.2) is 17.2 Å². The summed E-state index contributed by atoms with van der Waals surface area (Å²) in [6.07, 6.45) is 0.992. The molecule has 27 heavy (non-hydrogen) atoms. The molecule has 0 aliphatic heterocycles. The summed E-state index contributed by atoms with van der Waals surface area (Å²) in [6.45, 7) is 4.32. The second-order valence-electron chi connectivity index (χ2n) is 6.96. The van der Waals surface area contributed by atoms with Crippen molar-refractivity contribution in [3.05, 3.63) is 70.7 Å². The minimum Gasteiger partial charge on any atom is -0.448 e. The van der Waals surface area contributed by atoms with Crippen LogP contribution in [0.5, 0.6) is 0 Å². The fourth-order valence-electron chi connectivity index (χ4n) is 3.27. The second-order valence-corrected chi connectivity index (χ2v) is 6.96. The summed E-state index contributed by atoms with van der Waals surface area (Å²) in [7, 11) is 3.96. The van der Waals surface area contributed by atoms with Gasteiger partial charge in [-0.15, -0.1) is 0 Å². The Labute approximate surface area is 159 Å². The fourth-order valence-corrected chi connectivity index (χ4v) is 3.27. The molecular weight excluding hydrogens is 343 g/mol. The summed E-state index contributed by atoms with van der Waals surface area (Å²) in [5.41, 5.74) is 3.18. The van der Waals surface area contributed by atoms with Gasteiger partial charge in [0.2, 0.25) is 0 Å². The number of carbonyl (C=O) groups excluding carboxylic acids is 1. The van der Waals surface area contributed by atoms with Gasteiger partial charge in [-0.05, 0) is 44.6 Å². The van der Waals surface area contributed by atoms with E-state index in [2.05, 4.69) is 41.4 Å². The van der Waals surface area contributed by atoms with Gasteiger partial charge in [-0.2, -0.15) is 0 Å². The van der Waals surface area contributed by atoms with Gasteiger partial charge in [0, 0.05) is 17.5 Å². The zero-order chi connectivity index (χ0) is 19.6. The molecule has 0 fully saturated rings. The summed E-state index contributed by atoms with van der Waals surface area (Å²) < 4.78 is 19.4. The number of nitrogens with one attached hydrogen (secondary N) is 1. The van der Waals surface area contributed by atoms with E-state index in [4.69, 9.17) is 4.42 Å². The number of aryl methyl sites for hydroxylation is 2. The topological polar surface area (TPSA) is 45.5 Å². The summed E-state index contributed by atoms with van der Waals surface area (Å²) in [6, 6.07) is 13.1. The Morgan fingerprint density at radius 1 is 1.19 bits per heavy atom. The van der Waals surface area contributed by atoms with E-state index in [1.165, 1.54) is 11.6 Å². The molecule has 3 rings (SSSR count). The van der Waals surface area contributed by atoms with Crippen LogP contribution in [0, 0.1) is 12.7 Å². The Morgan fingerprint density at radius 3 is 2.48 bits per heavy atom. The molecule has 1 heterocycles.